The standard InChI is InChI=1S/C21H20N2O2S/c1-2-25-21(24)19-18(22)17-15(12-11-13-7-4-3-5-8-13)14-9-6-10-16(14)23-20(17)26-19/h3-5,7-8,11-12H,2,6,9-10,22H2,1H3/b12-11+. The number of carbonyl (C=O) groups excluding carboxylic acids is 1. The van der Waals surface area contributed by atoms with Gasteiger partial charge >= 0.3 is 5.97 Å². The van der Waals surface area contributed by atoms with Crippen molar-refractivity contribution in [1.29, 1.82) is 0 Å². The SMILES string of the molecule is CCOC(=O)c1sc2nc3c(c(/C=C/c4ccccc4)c2c1N)CCC3. The van der Waals surface area contributed by atoms with E-state index < -0.39 is 0 Å². The zero-order valence-electron chi connectivity index (χ0n) is 14.6. The molecule has 0 saturated heterocycles. The van der Waals surface area contributed by atoms with Crippen LogP contribution in [0.3, 0.4) is 0 Å². The van der Waals surface area contributed by atoms with Crippen molar-refractivity contribution in [3.63, 3.8) is 0 Å². The fraction of sp³-hybridized carbons (Fsp3) is 0.238. The number of nitrogens with two attached hydrogens (primary N) is 1. The second-order valence-corrected chi connectivity index (χ2v) is 7.29. The first-order valence-corrected chi connectivity index (χ1v) is 9.64. The zero-order chi connectivity index (χ0) is 18.1. The molecule has 3 aromatic rings. The molecule has 4 rings (SSSR count). The summed E-state index contributed by atoms with van der Waals surface area (Å²) in [6.45, 7) is 2.12. The first-order valence-electron chi connectivity index (χ1n) is 8.83. The van der Waals surface area contributed by atoms with E-state index in [0.717, 1.165) is 46.3 Å². The van der Waals surface area contributed by atoms with Crippen LogP contribution in [0.1, 0.15) is 45.4 Å². The van der Waals surface area contributed by atoms with Gasteiger partial charge in [0.25, 0.3) is 0 Å². The highest BCUT2D eigenvalue weighted by Gasteiger charge is 2.25. The second kappa shape index (κ2) is 6.92. The molecule has 1 aromatic carbocycles. The summed E-state index contributed by atoms with van der Waals surface area (Å²) in [7, 11) is 0. The van der Waals surface area contributed by atoms with Gasteiger partial charge in [-0.25, -0.2) is 9.78 Å². The third kappa shape index (κ3) is 2.88. The van der Waals surface area contributed by atoms with Crippen molar-refractivity contribution in [3.8, 4) is 0 Å². The van der Waals surface area contributed by atoms with Crippen molar-refractivity contribution in [2.75, 3.05) is 12.3 Å². The molecule has 1 aliphatic carbocycles. The minimum Gasteiger partial charge on any atom is -0.462 e. The molecule has 0 atom stereocenters. The molecular formula is C21H20N2O2S. The first-order chi connectivity index (χ1) is 12.7. The Bertz CT molecular complexity index is 1010. The quantitative estimate of drug-likeness (QED) is 0.681. The normalized spacial score (nSPS) is 13.4. The number of esters is 1. The highest BCUT2D eigenvalue weighted by molar-refractivity contribution is 7.21. The topological polar surface area (TPSA) is 65.2 Å². The first kappa shape index (κ1) is 16.8. The van der Waals surface area contributed by atoms with Gasteiger partial charge in [-0.05, 0) is 42.9 Å². The minimum atomic E-state index is -0.369. The second-order valence-electron chi connectivity index (χ2n) is 6.29. The van der Waals surface area contributed by atoms with E-state index in [1.54, 1.807) is 6.92 Å². The van der Waals surface area contributed by atoms with Crippen LogP contribution >= 0.6 is 11.3 Å². The summed E-state index contributed by atoms with van der Waals surface area (Å²) in [6.07, 6.45) is 7.28. The number of fused-ring (bicyclic) bond motifs is 2. The number of thiophene rings is 1. The maximum absolute atomic E-state index is 12.2. The number of benzene rings is 1. The molecule has 2 aromatic heterocycles. The number of aryl methyl sites for hydroxylation is 1. The number of nitrogens with zero attached hydrogens (tertiary/aromatic N) is 1. The Balaban J connectivity index is 1.89. The predicted octanol–water partition coefficient (Wildman–Crippen LogP) is 4.71. The predicted molar refractivity (Wildman–Crippen MR) is 107 cm³/mol. The highest BCUT2D eigenvalue weighted by Crippen LogP contribution is 2.40. The van der Waals surface area contributed by atoms with Gasteiger partial charge < -0.3 is 10.5 Å². The lowest BCUT2D eigenvalue weighted by Crippen LogP contribution is -2.05. The molecule has 132 valence electrons. The van der Waals surface area contributed by atoms with E-state index in [1.807, 2.05) is 18.2 Å². The van der Waals surface area contributed by atoms with Crippen molar-refractivity contribution in [1.82, 2.24) is 4.98 Å². The summed E-state index contributed by atoms with van der Waals surface area (Å²) >= 11 is 1.33. The third-order valence-corrected chi connectivity index (χ3v) is 5.73. The molecule has 2 N–H and O–H groups in total. The molecule has 2 heterocycles. The van der Waals surface area contributed by atoms with Gasteiger partial charge in [-0.15, -0.1) is 11.3 Å². The van der Waals surface area contributed by atoms with Crippen LogP contribution in [-0.4, -0.2) is 17.6 Å². The van der Waals surface area contributed by atoms with Crippen molar-refractivity contribution in [2.24, 2.45) is 0 Å². The van der Waals surface area contributed by atoms with Crippen LogP contribution in [0.4, 0.5) is 5.69 Å². The van der Waals surface area contributed by atoms with Gasteiger partial charge in [-0.1, -0.05) is 42.5 Å². The number of aromatic nitrogens is 1. The number of carbonyl (C=O) groups is 1. The lowest BCUT2D eigenvalue weighted by atomic mass is 10.0. The van der Waals surface area contributed by atoms with E-state index in [0.29, 0.717) is 17.2 Å². The molecule has 0 unspecified atom stereocenters. The lowest BCUT2D eigenvalue weighted by molar-refractivity contribution is 0.0533. The summed E-state index contributed by atoms with van der Waals surface area (Å²) in [4.78, 5) is 18.3. The maximum atomic E-state index is 12.2. The molecule has 0 fully saturated rings. The van der Waals surface area contributed by atoms with Crippen LogP contribution in [0.15, 0.2) is 30.3 Å². The Morgan fingerprint density at radius 3 is 2.85 bits per heavy atom. The number of hydrogen-bond acceptors (Lipinski definition) is 5. The molecule has 0 amide bonds. The molecule has 5 heteroatoms. The van der Waals surface area contributed by atoms with Crippen LogP contribution < -0.4 is 5.73 Å². The minimum absolute atomic E-state index is 0.331. The van der Waals surface area contributed by atoms with Crippen molar-refractivity contribution in [2.45, 2.75) is 26.2 Å². The summed E-state index contributed by atoms with van der Waals surface area (Å²) in [5.74, 6) is -0.369. The van der Waals surface area contributed by atoms with Crippen LogP contribution in [0, 0.1) is 0 Å². The monoisotopic (exact) mass is 364 g/mol. The van der Waals surface area contributed by atoms with E-state index >= 15 is 0 Å². The summed E-state index contributed by atoms with van der Waals surface area (Å²) in [5.41, 5.74) is 11.5. The van der Waals surface area contributed by atoms with Crippen molar-refractivity contribution < 1.29 is 9.53 Å². The fourth-order valence-corrected chi connectivity index (χ4v) is 4.49. The molecule has 0 saturated carbocycles. The molecule has 4 nitrogen and oxygen atoms in total. The largest absolute Gasteiger partial charge is 0.462 e. The number of rotatable bonds is 4. The molecule has 0 bridgehead atoms. The van der Waals surface area contributed by atoms with Crippen LogP contribution in [0.2, 0.25) is 0 Å². The molecular weight excluding hydrogens is 344 g/mol. The average Bonchev–Trinajstić information content (AvgIpc) is 3.24. The summed E-state index contributed by atoms with van der Waals surface area (Å²) in [6, 6.07) is 10.2. The smallest absolute Gasteiger partial charge is 0.350 e. The maximum Gasteiger partial charge on any atom is 0.350 e. The Kier molecular flexibility index (Phi) is 4.47. The fourth-order valence-electron chi connectivity index (χ4n) is 3.46. The van der Waals surface area contributed by atoms with E-state index in [4.69, 9.17) is 15.5 Å². The van der Waals surface area contributed by atoms with Gasteiger partial charge in [0.05, 0.1) is 12.3 Å². The van der Waals surface area contributed by atoms with E-state index in [2.05, 4.69) is 24.3 Å². The lowest BCUT2D eigenvalue weighted by Gasteiger charge is -2.07. The van der Waals surface area contributed by atoms with Gasteiger partial charge in [0, 0.05) is 11.1 Å². The number of ether oxygens (including phenoxy) is 1. The van der Waals surface area contributed by atoms with Gasteiger partial charge in [0.1, 0.15) is 9.71 Å². The Labute approximate surface area is 156 Å². The van der Waals surface area contributed by atoms with Gasteiger partial charge in [-0.3, -0.25) is 0 Å². The number of nitrogen functional groups attached to an aromatic ring is 1. The van der Waals surface area contributed by atoms with Crippen LogP contribution in [0.5, 0.6) is 0 Å². The average molecular weight is 364 g/mol. The molecule has 0 spiro atoms. The number of hydrogen-bond donors (Lipinski definition) is 1. The molecule has 0 radical (unpaired) electrons. The summed E-state index contributed by atoms with van der Waals surface area (Å²) < 4.78 is 5.15. The van der Waals surface area contributed by atoms with Crippen LogP contribution in [-0.2, 0) is 17.6 Å². The molecule has 1 aliphatic rings. The number of pyridine rings is 1. The van der Waals surface area contributed by atoms with E-state index in [1.165, 1.54) is 16.9 Å². The Morgan fingerprint density at radius 2 is 2.08 bits per heavy atom. The van der Waals surface area contributed by atoms with Crippen molar-refractivity contribution in [3.05, 3.63) is 57.6 Å². The zero-order valence-corrected chi connectivity index (χ0v) is 15.4. The van der Waals surface area contributed by atoms with Crippen molar-refractivity contribution >= 4 is 45.4 Å². The third-order valence-electron chi connectivity index (χ3n) is 4.65. The molecule has 0 aliphatic heterocycles. The molecule has 26 heavy (non-hydrogen) atoms. The Hall–Kier alpha value is -2.66. The Morgan fingerprint density at radius 1 is 1.27 bits per heavy atom. The van der Waals surface area contributed by atoms with Gasteiger partial charge in [0.2, 0.25) is 0 Å². The van der Waals surface area contributed by atoms with Crippen LogP contribution in [0.25, 0.3) is 22.4 Å². The van der Waals surface area contributed by atoms with E-state index in [9.17, 15) is 4.79 Å². The van der Waals surface area contributed by atoms with Gasteiger partial charge in [-0.2, -0.15) is 0 Å². The summed E-state index contributed by atoms with van der Waals surface area (Å²) in [5, 5.41) is 0.880. The van der Waals surface area contributed by atoms with Gasteiger partial charge in [0.15, 0.2) is 0 Å². The number of anilines is 1. The van der Waals surface area contributed by atoms with E-state index in [-0.39, 0.29) is 5.97 Å². The highest BCUT2D eigenvalue weighted by atomic mass is 32.1.